The van der Waals surface area contributed by atoms with Crippen molar-refractivity contribution in [3.05, 3.63) is 47.8 Å². The lowest BCUT2D eigenvalue weighted by Gasteiger charge is -2.45. The lowest BCUT2D eigenvalue weighted by Crippen LogP contribution is -2.58. The fourth-order valence-corrected chi connectivity index (χ4v) is 4.67. The summed E-state index contributed by atoms with van der Waals surface area (Å²) in [5.41, 5.74) is 4.76. The van der Waals surface area contributed by atoms with Crippen molar-refractivity contribution in [1.82, 2.24) is 25.5 Å². The number of rotatable bonds is 2. The third-order valence-electron chi connectivity index (χ3n) is 6.34. The van der Waals surface area contributed by atoms with E-state index in [2.05, 4.69) is 35.6 Å². The summed E-state index contributed by atoms with van der Waals surface area (Å²) >= 11 is 0. The maximum absolute atomic E-state index is 10.2. The molecule has 5 heterocycles. The quantitative estimate of drug-likeness (QED) is 0.572. The van der Waals surface area contributed by atoms with E-state index in [1.165, 1.54) is 5.56 Å². The van der Waals surface area contributed by atoms with Gasteiger partial charge in [-0.3, -0.25) is 0 Å². The first kappa shape index (κ1) is 18.3. The third-order valence-corrected chi connectivity index (χ3v) is 6.34. The van der Waals surface area contributed by atoms with Crippen LogP contribution in [0.5, 0.6) is 5.75 Å². The zero-order valence-electron chi connectivity index (χ0n) is 17.1. The second-order valence-electron chi connectivity index (χ2n) is 8.22. The number of para-hydroxylation sites is 1. The van der Waals surface area contributed by atoms with Gasteiger partial charge in [-0.25, -0.2) is 9.97 Å². The Bertz CT molecular complexity index is 1140. The number of piperazine rings is 1. The monoisotopic (exact) mass is 416 g/mol. The van der Waals surface area contributed by atoms with Crippen LogP contribution >= 0.6 is 0 Å². The number of nitrogens with zero attached hydrogens (tertiary/aromatic N) is 6. The van der Waals surface area contributed by atoms with Crippen molar-refractivity contribution >= 4 is 17.5 Å². The van der Waals surface area contributed by atoms with E-state index in [0.29, 0.717) is 11.3 Å². The van der Waals surface area contributed by atoms with Crippen LogP contribution in [0.3, 0.4) is 0 Å². The Morgan fingerprint density at radius 2 is 2.06 bits per heavy atom. The fourth-order valence-electron chi connectivity index (χ4n) is 4.67. The van der Waals surface area contributed by atoms with Gasteiger partial charge in [0.05, 0.1) is 23.1 Å². The van der Waals surface area contributed by atoms with Crippen LogP contribution in [-0.4, -0.2) is 64.0 Å². The predicted molar refractivity (Wildman–Crippen MR) is 118 cm³/mol. The highest BCUT2D eigenvalue weighted by atomic mass is 16.3. The van der Waals surface area contributed by atoms with E-state index in [0.717, 1.165) is 68.8 Å². The van der Waals surface area contributed by atoms with Gasteiger partial charge in [0.2, 0.25) is 5.95 Å². The Morgan fingerprint density at radius 1 is 1.13 bits per heavy atom. The predicted octanol–water partition coefficient (Wildman–Crippen LogP) is 1.41. The number of nitrogens with one attached hydrogen (secondary N) is 2. The number of hydrogen-bond acceptors (Lipinski definition) is 9. The third kappa shape index (κ3) is 3.21. The zero-order chi connectivity index (χ0) is 20.8. The van der Waals surface area contributed by atoms with Crippen LogP contribution in [-0.2, 0) is 13.0 Å². The molecular weight excluding hydrogens is 392 g/mol. The molecule has 31 heavy (non-hydrogen) atoms. The Balaban J connectivity index is 1.26. The van der Waals surface area contributed by atoms with E-state index in [1.807, 2.05) is 24.4 Å². The molecule has 2 aromatic heterocycles. The van der Waals surface area contributed by atoms with Gasteiger partial charge in [-0.1, -0.05) is 12.1 Å². The topological polar surface area (TPSA) is 102 Å². The number of phenolic OH excluding ortho intramolecular Hbond substituents is 1. The highest BCUT2D eigenvalue weighted by Crippen LogP contribution is 2.36. The van der Waals surface area contributed by atoms with Crippen molar-refractivity contribution in [2.45, 2.75) is 19.0 Å². The Kier molecular flexibility index (Phi) is 4.34. The molecule has 9 heteroatoms. The molecule has 9 nitrogen and oxygen atoms in total. The summed E-state index contributed by atoms with van der Waals surface area (Å²) < 4.78 is 0. The van der Waals surface area contributed by atoms with Crippen molar-refractivity contribution in [3.63, 3.8) is 0 Å². The Morgan fingerprint density at radius 3 is 3.00 bits per heavy atom. The Labute approximate surface area is 180 Å². The van der Waals surface area contributed by atoms with Crippen LogP contribution in [0.4, 0.5) is 17.5 Å². The molecule has 1 aromatic carbocycles. The molecule has 0 amide bonds. The van der Waals surface area contributed by atoms with E-state index in [4.69, 9.17) is 4.98 Å². The van der Waals surface area contributed by atoms with Crippen LogP contribution in [0.25, 0.3) is 11.3 Å². The SMILES string of the molecule is Oc1ccccc1-c1cc2c(nn1)NC[C@H]1CN(c3ncc4c(n3)CNCC4)CCN21. The smallest absolute Gasteiger partial charge is 0.225 e. The van der Waals surface area contributed by atoms with E-state index >= 15 is 0 Å². The van der Waals surface area contributed by atoms with Crippen LogP contribution in [0.15, 0.2) is 36.5 Å². The fraction of sp³-hybridized carbons (Fsp3) is 0.364. The van der Waals surface area contributed by atoms with Crippen LogP contribution in [0.2, 0.25) is 0 Å². The highest BCUT2D eigenvalue weighted by Gasteiger charge is 2.34. The largest absolute Gasteiger partial charge is 0.507 e. The summed E-state index contributed by atoms with van der Waals surface area (Å²) in [5, 5.41) is 25.8. The summed E-state index contributed by atoms with van der Waals surface area (Å²) in [4.78, 5) is 14.2. The Hall–Kier alpha value is -3.46. The van der Waals surface area contributed by atoms with E-state index in [1.54, 1.807) is 12.1 Å². The first-order valence-electron chi connectivity index (χ1n) is 10.7. The normalized spacial score (nSPS) is 19.8. The minimum absolute atomic E-state index is 0.209. The number of phenols is 1. The molecule has 0 saturated carbocycles. The molecule has 3 aliphatic rings. The first-order valence-corrected chi connectivity index (χ1v) is 10.7. The van der Waals surface area contributed by atoms with Crippen molar-refractivity contribution in [3.8, 4) is 17.0 Å². The average molecular weight is 416 g/mol. The van der Waals surface area contributed by atoms with Crippen LogP contribution in [0, 0.1) is 0 Å². The van der Waals surface area contributed by atoms with Gasteiger partial charge in [-0.05, 0) is 36.7 Å². The average Bonchev–Trinajstić information content (AvgIpc) is 2.83. The second-order valence-corrected chi connectivity index (χ2v) is 8.22. The minimum atomic E-state index is 0.209. The molecule has 3 aromatic rings. The van der Waals surface area contributed by atoms with E-state index in [9.17, 15) is 5.11 Å². The van der Waals surface area contributed by atoms with Gasteiger partial charge in [0.15, 0.2) is 5.82 Å². The van der Waals surface area contributed by atoms with E-state index < -0.39 is 0 Å². The van der Waals surface area contributed by atoms with Gasteiger partial charge >= 0.3 is 0 Å². The standard InChI is InChI=1S/C22H24N8O/c31-20-4-2-1-3-16(20)17-9-19-21(28-27-17)24-11-15-13-29(7-8-30(15)19)22-25-10-14-5-6-23-12-18(14)26-22/h1-4,9-10,15,23,31H,5-8,11-13H2,(H,24,28)/t15-/m0/s1. The van der Waals surface area contributed by atoms with Crippen molar-refractivity contribution in [1.29, 1.82) is 0 Å². The maximum Gasteiger partial charge on any atom is 0.225 e. The maximum atomic E-state index is 10.2. The van der Waals surface area contributed by atoms with Crippen molar-refractivity contribution in [2.24, 2.45) is 0 Å². The lowest BCUT2D eigenvalue weighted by molar-refractivity contribution is 0.477. The molecule has 1 atom stereocenters. The highest BCUT2D eigenvalue weighted by molar-refractivity contribution is 5.76. The molecule has 3 N–H and O–H groups in total. The number of anilines is 3. The van der Waals surface area contributed by atoms with Gasteiger partial charge < -0.3 is 25.5 Å². The van der Waals surface area contributed by atoms with Crippen LogP contribution in [0.1, 0.15) is 11.3 Å². The molecule has 0 spiro atoms. The second kappa shape index (κ2) is 7.35. The van der Waals surface area contributed by atoms with Gasteiger partial charge in [0, 0.05) is 44.5 Å². The molecule has 0 aliphatic carbocycles. The number of benzene rings is 1. The molecule has 3 aliphatic heterocycles. The molecular formula is C22H24N8O. The zero-order valence-corrected chi connectivity index (χ0v) is 17.1. The molecule has 158 valence electrons. The molecule has 1 saturated heterocycles. The molecule has 1 fully saturated rings. The first-order chi connectivity index (χ1) is 15.3. The minimum Gasteiger partial charge on any atom is -0.507 e. The molecule has 0 bridgehead atoms. The number of aromatic nitrogens is 4. The van der Waals surface area contributed by atoms with Gasteiger partial charge in [0.1, 0.15) is 5.75 Å². The van der Waals surface area contributed by atoms with Crippen LogP contribution < -0.4 is 20.4 Å². The van der Waals surface area contributed by atoms with Gasteiger partial charge in [-0.15, -0.1) is 10.2 Å². The van der Waals surface area contributed by atoms with Gasteiger partial charge in [-0.2, -0.15) is 0 Å². The number of fused-ring (bicyclic) bond motifs is 4. The number of aromatic hydroxyl groups is 1. The molecule has 0 unspecified atom stereocenters. The summed E-state index contributed by atoms with van der Waals surface area (Å²) in [6, 6.07) is 9.53. The summed E-state index contributed by atoms with van der Waals surface area (Å²) in [6.07, 6.45) is 2.99. The summed E-state index contributed by atoms with van der Waals surface area (Å²) in [7, 11) is 0. The van der Waals surface area contributed by atoms with Crippen molar-refractivity contribution in [2.75, 3.05) is 47.8 Å². The summed E-state index contributed by atoms with van der Waals surface area (Å²) in [6.45, 7) is 5.14. The van der Waals surface area contributed by atoms with Crippen molar-refractivity contribution < 1.29 is 5.11 Å². The summed E-state index contributed by atoms with van der Waals surface area (Å²) in [5.74, 6) is 1.82. The van der Waals surface area contributed by atoms with Gasteiger partial charge in [0.25, 0.3) is 0 Å². The lowest BCUT2D eigenvalue weighted by atomic mass is 10.1. The number of hydrogen-bond donors (Lipinski definition) is 3. The van der Waals surface area contributed by atoms with E-state index in [-0.39, 0.29) is 11.8 Å². The molecule has 6 rings (SSSR count). The molecule has 0 radical (unpaired) electrons.